The van der Waals surface area contributed by atoms with Crippen molar-refractivity contribution < 1.29 is 14.7 Å². The van der Waals surface area contributed by atoms with Gasteiger partial charge in [-0.05, 0) is 27.7 Å². The van der Waals surface area contributed by atoms with Crippen LogP contribution in [0.3, 0.4) is 0 Å². The van der Waals surface area contributed by atoms with Crippen LogP contribution in [0.4, 0.5) is 4.79 Å². The number of hydrogen-bond acceptors (Lipinski definition) is 2. The first-order valence-corrected chi connectivity index (χ1v) is 4.92. The van der Waals surface area contributed by atoms with E-state index in [9.17, 15) is 9.59 Å². The van der Waals surface area contributed by atoms with Crippen molar-refractivity contribution >= 4 is 12.0 Å². The second-order valence-electron chi connectivity index (χ2n) is 4.59. The Bertz CT molecular complexity index is 249. The van der Waals surface area contributed by atoms with Crippen LogP contribution in [0.2, 0.25) is 0 Å². The van der Waals surface area contributed by atoms with E-state index in [-0.39, 0.29) is 18.5 Å². The van der Waals surface area contributed by atoms with Gasteiger partial charge in [0.05, 0.1) is 6.42 Å². The summed E-state index contributed by atoms with van der Waals surface area (Å²) in [5.41, 5.74) is -0.730. The van der Waals surface area contributed by atoms with Gasteiger partial charge in [0.1, 0.15) is 0 Å². The lowest BCUT2D eigenvalue weighted by Crippen LogP contribution is -2.51. The number of rotatable bonds is 4. The highest BCUT2D eigenvalue weighted by atomic mass is 16.4. The van der Waals surface area contributed by atoms with Crippen molar-refractivity contribution in [3.05, 3.63) is 0 Å². The van der Waals surface area contributed by atoms with Crippen molar-refractivity contribution in [1.82, 2.24) is 10.2 Å². The van der Waals surface area contributed by atoms with Crippen LogP contribution in [0.15, 0.2) is 0 Å². The van der Waals surface area contributed by atoms with Crippen LogP contribution in [-0.4, -0.2) is 40.6 Å². The van der Waals surface area contributed by atoms with E-state index < -0.39 is 11.5 Å². The third-order valence-corrected chi connectivity index (χ3v) is 2.13. The van der Waals surface area contributed by atoms with Crippen LogP contribution in [0.25, 0.3) is 0 Å². The molecule has 0 saturated carbocycles. The van der Waals surface area contributed by atoms with Crippen molar-refractivity contribution in [3.63, 3.8) is 0 Å². The first kappa shape index (κ1) is 13.7. The molecule has 2 N–H and O–H groups in total. The SMILES string of the molecule is CC(C)N(C)C(=O)NC(C)(C)CC(=O)O. The molecule has 0 unspecified atom stereocenters. The molecular weight excluding hydrogens is 196 g/mol. The van der Waals surface area contributed by atoms with Crippen molar-refractivity contribution in [2.45, 2.75) is 45.7 Å². The van der Waals surface area contributed by atoms with Crippen LogP contribution in [0, 0.1) is 0 Å². The van der Waals surface area contributed by atoms with Gasteiger partial charge >= 0.3 is 12.0 Å². The zero-order valence-corrected chi connectivity index (χ0v) is 10.00. The average Bonchev–Trinajstić information content (AvgIpc) is 1.98. The second kappa shape index (κ2) is 5.00. The summed E-state index contributed by atoms with van der Waals surface area (Å²) < 4.78 is 0. The Morgan fingerprint density at radius 2 is 1.87 bits per heavy atom. The molecule has 15 heavy (non-hydrogen) atoms. The number of aliphatic carboxylic acids is 1. The molecule has 0 radical (unpaired) electrons. The highest BCUT2D eigenvalue weighted by Gasteiger charge is 2.25. The van der Waals surface area contributed by atoms with Gasteiger partial charge in [-0.1, -0.05) is 0 Å². The molecule has 88 valence electrons. The minimum absolute atomic E-state index is 0.0885. The summed E-state index contributed by atoms with van der Waals surface area (Å²) in [6.45, 7) is 7.16. The summed E-state index contributed by atoms with van der Waals surface area (Å²) in [4.78, 5) is 23.7. The Kier molecular flexibility index (Phi) is 4.58. The van der Waals surface area contributed by atoms with Gasteiger partial charge in [0, 0.05) is 18.6 Å². The van der Waals surface area contributed by atoms with E-state index in [1.54, 1.807) is 20.9 Å². The monoisotopic (exact) mass is 216 g/mol. The maximum atomic E-state index is 11.6. The van der Waals surface area contributed by atoms with Gasteiger partial charge in [-0.15, -0.1) is 0 Å². The molecule has 2 amide bonds. The van der Waals surface area contributed by atoms with E-state index in [0.717, 1.165) is 0 Å². The van der Waals surface area contributed by atoms with Crippen molar-refractivity contribution in [1.29, 1.82) is 0 Å². The number of amides is 2. The topological polar surface area (TPSA) is 69.6 Å². The van der Waals surface area contributed by atoms with Crippen LogP contribution in [-0.2, 0) is 4.79 Å². The van der Waals surface area contributed by atoms with E-state index in [2.05, 4.69) is 5.32 Å². The zero-order valence-electron chi connectivity index (χ0n) is 10.00. The lowest BCUT2D eigenvalue weighted by molar-refractivity contribution is -0.138. The summed E-state index contributed by atoms with van der Waals surface area (Å²) in [6.07, 6.45) is -0.0926. The molecule has 5 nitrogen and oxygen atoms in total. The predicted molar refractivity (Wildman–Crippen MR) is 57.8 cm³/mol. The number of carboxylic acid groups (broad SMARTS) is 1. The number of hydrogen-bond donors (Lipinski definition) is 2. The molecular formula is C10H20N2O3. The van der Waals surface area contributed by atoms with Gasteiger partial charge < -0.3 is 15.3 Å². The summed E-state index contributed by atoms with van der Waals surface area (Å²) >= 11 is 0. The standard InChI is InChI=1S/C10H20N2O3/c1-7(2)12(5)9(15)11-10(3,4)6-8(13)14/h7H,6H2,1-5H3,(H,11,15)(H,13,14). The molecule has 0 aromatic rings. The summed E-state index contributed by atoms with van der Waals surface area (Å²) in [5, 5.41) is 11.3. The first-order chi connectivity index (χ1) is 6.65. The van der Waals surface area contributed by atoms with E-state index in [4.69, 9.17) is 5.11 Å². The molecule has 0 spiro atoms. The summed E-state index contributed by atoms with van der Waals surface area (Å²) in [7, 11) is 1.68. The van der Waals surface area contributed by atoms with Crippen LogP contribution in [0.5, 0.6) is 0 Å². The molecule has 5 heteroatoms. The van der Waals surface area contributed by atoms with Gasteiger partial charge in [0.15, 0.2) is 0 Å². The smallest absolute Gasteiger partial charge is 0.317 e. The van der Waals surface area contributed by atoms with E-state index in [1.165, 1.54) is 4.90 Å². The van der Waals surface area contributed by atoms with Gasteiger partial charge in [0.2, 0.25) is 0 Å². The third kappa shape index (κ3) is 5.24. The fourth-order valence-electron chi connectivity index (χ4n) is 1.03. The predicted octanol–water partition coefficient (Wildman–Crippen LogP) is 1.29. The zero-order chi connectivity index (χ0) is 12.2. The molecule has 0 bridgehead atoms. The maximum absolute atomic E-state index is 11.6. The highest BCUT2D eigenvalue weighted by molar-refractivity contribution is 5.76. The maximum Gasteiger partial charge on any atom is 0.317 e. The van der Waals surface area contributed by atoms with Crippen molar-refractivity contribution in [2.75, 3.05) is 7.05 Å². The second-order valence-corrected chi connectivity index (χ2v) is 4.59. The Hall–Kier alpha value is -1.26. The Labute approximate surface area is 90.5 Å². The minimum atomic E-state index is -0.924. The number of carbonyl (C=O) groups excluding carboxylic acids is 1. The summed E-state index contributed by atoms with van der Waals surface area (Å²) in [6, 6.07) is -0.165. The van der Waals surface area contributed by atoms with E-state index in [0.29, 0.717) is 0 Å². The molecule has 0 aliphatic heterocycles. The van der Waals surface area contributed by atoms with Gasteiger partial charge in [-0.3, -0.25) is 4.79 Å². The van der Waals surface area contributed by atoms with E-state index in [1.807, 2.05) is 13.8 Å². The third-order valence-electron chi connectivity index (χ3n) is 2.13. The van der Waals surface area contributed by atoms with E-state index >= 15 is 0 Å². The molecule has 0 aromatic carbocycles. The lowest BCUT2D eigenvalue weighted by Gasteiger charge is -2.29. The minimum Gasteiger partial charge on any atom is -0.481 e. The number of carbonyl (C=O) groups is 2. The normalized spacial score (nSPS) is 11.3. The largest absolute Gasteiger partial charge is 0.481 e. The highest BCUT2D eigenvalue weighted by Crippen LogP contribution is 2.09. The van der Waals surface area contributed by atoms with Crippen LogP contribution < -0.4 is 5.32 Å². The molecule has 0 aliphatic carbocycles. The Morgan fingerprint density at radius 1 is 1.40 bits per heavy atom. The molecule has 0 aromatic heterocycles. The Morgan fingerprint density at radius 3 is 2.20 bits per heavy atom. The number of nitrogens with zero attached hydrogens (tertiary/aromatic N) is 1. The molecule has 0 heterocycles. The molecule has 0 aliphatic rings. The van der Waals surface area contributed by atoms with Crippen molar-refractivity contribution in [2.24, 2.45) is 0 Å². The fourth-order valence-corrected chi connectivity index (χ4v) is 1.03. The summed E-state index contributed by atoms with van der Waals surface area (Å²) in [5.74, 6) is -0.924. The first-order valence-electron chi connectivity index (χ1n) is 4.92. The molecule has 0 fully saturated rings. The molecule has 0 saturated heterocycles. The van der Waals surface area contributed by atoms with Gasteiger partial charge in [-0.25, -0.2) is 4.79 Å². The number of carboxylic acids is 1. The fraction of sp³-hybridized carbons (Fsp3) is 0.800. The van der Waals surface area contributed by atoms with Crippen LogP contribution >= 0.6 is 0 Å². The number of nitrogens with one attached hydrogen (secondary N) is 1. The molecule has 0 rings (SSSR count). The number of urea groups is 1. The Balaban J connectivity index is 4.33. The molecule has 0 atom stereocenters. The average molecular weight is 216 g/mol. The lowest BCUT2D eigenvalue weighted by atomic mass is 10.0. The van der Waals surface area contributed by atoms with Crippen molar-refractivity contribution in [3.8, 4) is 0 Å². The van der Waals surface area contributed by atoms with Gasteiger partial charge in [-0.2, -0.15) is 0 Å². The van der Waals surface area contributed by atoms with Gasteiger partial charge in [0.25, 0.3) is 0 Å². The quantitative estimate of drug-likeness (QED) is 0.744. The van der Waals surface area contributed by atoms with Crippen LogP contribution in [0.1, 0.15) is 34.1 Å².